The molecule has 34 heavy (non-hydrogen) atoms. The van der Waals surface area contributed by atoms with E-state index in [2.05, 4.69) is 9.88 Å². The third-order valence-electron chi connectivity index (χ3n) is 5.60. The lowest BCUT2D eigenvalue weighted by Gasteiger charge is -2.27. The molecule has 0 aliphatic carbocycles. The summed E-state index contributed by atoms with van der Waals surface area (Å²) in [6, 6.07) is 16.3. The van der Waals surface area contributed by atoms with Crippen LogP contribution in [0.25, 0.3) is 11.0 Å². The van der Waals surface area contributed by atoms with Crippen molar-refractivity contribution in [2.45, 2.75) is 6.61 Å². The molecule has 0 amide bonds. The minimum Gasteiger partial charge on any atom is -0.489 e. The lowest BCUT2D eigenvalue weighted by Crippen LogP contribution is -2.36. The number of hydrogen-bond acceptors (Lipinski definition) is 6. The van der Waals surface area contributed by atoms with Crippen LogP contribution in [0.3, 0.4) is 0 Å². The molecule has 5 rings (SSSR count). The fraction of sp³-hybridized carbons (Fsp3) is 0.192. The van der Waals surface area contributed by atoms with E-state index in [0.29, 0.717) is 51.7 Å². The quantitative estimate of drug-likeness (QED) is 0.361. The van der Waals surface area contributed by atoms with Gasteiger partial charge in [0.25, 0.3) is 0 Å². The van der Waals surface area contributed by atoms with Crippen LogP contribution in [0, 0.1) is 5.82 Å². The zero-order valence-electron chi connectivity index (χ0n) is 18.2. The van der Waals surface area contributed by atoms with Gasteiger partial charge in [0.1, 0.15) is 24.0 Å². The maximum atomic E-state index is 13.4. The van der Waals surface area contributed by atoms with Crippen molar-refractivity contribution >= 4 is 34.2 Å². The topological polar surface area (TPSA) is 64.6 Å². The summed E-state index contributed by atoms with van der Waals surface area (Å²) < 4.78 is 24.6. The Morgan fingerprint density at radius 1 is 1.06 bits per heavy atom. The molecule has 2 heterocycles. The molecule has 0 bridgehead atoms. The first-order valence-corrected chi connectivity index (χ1v) is 11.3. The van der Waals surface area contributed by atoms with E-state index in [1.807, 2.05) is 0 Å². The van der Waals surface area contributed by atoms with E-state index in [0.717, 1.165) is 18.9 Å². The average Bonchev–Trinajstić information content (AvgIpc) is 2.88. The maximum absolute atomic E-state index is 13.4. The van der Waals surface area contributed by atoms with Crippen LogP contribution in [0.5, 0.6) is 5.75 Å². The molecule has 0 N–H and O–H groups in total. The van der Waals surface area contributed by atoms with E-state index in [1.54, 1.807) is 54.7 Å². The molecule has 1 aliphatic heterocycles. The Bertz CT molecular complexity index is 1360. The minimum absolute atomic E-state index is 0.170. The summed E-state index contributed by atoms with van der Waals surface area (Å²) in [5.74, 6) is 0.643. The third-order valence-corrected chi connectivity index (χ3v) is 5.93. The van der Waals surface area contributed by atoms with Gasteiger partial charge in [-0.3, -0.25) is 9.78 Å². The molecule has 4 aromatic rings. The van der Waals surface area contributed by atoms with Crippen LogP contribution >= 0.6 is 11.6 Å². The first kappa shape index (κ1) is 22.3. The Morgan fingerprint density at radius 3 is 2.74 bits per heavy atom. The van der Waals surface area contributed by atoms with Gasteiger partial charge in [-0.25, -0.2) is 9.37 Å². The summed E-state index contributed by atoms with van der Waals surface area (Å²) in [6.45, 7) is 2.96. The number of carbonyl (C=O) groups excluding carboxylic acids is 1. The summed E-state index contributed by atoms with van der Waals surface area (Å²) in [6.07, 6.45) is 1.74. The number of rotatable bonds is 6. The van der Waals surface area contributed by atoms with Crippen molar-refractivity contribution in [1.29, 1.82) is 0 Å². The standard InChI is InChI=1S/C26H21ClFN3O3/c27-22-6-5-20(34-16-17-2-1-3-19(28)12-17)14-21(22)26(32)18-4-7-23-24(13-18)30-25(15-29-23)31-8-10-33-11-9-31/h1-7,12-15H,8-11,16H2. The molecule has 0 saturated carbocycles. The molecular formula is C26H21ClFN3O3. The molecule has 8 heteroatoms. The van der Waals surface area contributed by atoms with Gasteiger partial charge < -0.3 is 14.4 Å². The second-order valence-electron chi connectivity index (χ2n) is 7.92. The van der Waals surface area contributed by atoms with Crippen molar-refractivity contribution < 1.29 is 18.7 Å². The van der Waals surface area contributed by atoms with E-state index in [9.17, 15) is 9.18 Å². The van der Waals surface area contributed by atoms with Crippen LogP contribution in [0.2, 0.25) is 5.02 Å². The van der Waals surface area contributed by atoms with Crippen LogP contribution in [-0.4, -0.2) is 42.1 Å². The van der Waals surface area contributed by atoms with Gasteiger partial charge in [-0.05, 0) is 54.1 Å². The van der Waals surface area contributed by atoms with Crippen LogP contribution in [0.4, 0.5) is 10.2 Å². The molecule has 0 unspecified atom stereocenters. The van der Waals surface area contributed by atoms with E-state index < -0.39 is 0 Å². The summed E-state index contributed by atoms with van der Waals surface area (Å²) in [5.41, 5.74) is 2.78. The number of fused-ring (bicyclic) bond motifs is 1. The van der Waals surface area contributed by atoms with Crippen LogP contribution in [-0.2, 0) is 11.3 Å². The Balaban J connectivity index is 1.39. The zero-order valence-corrected chi connectivity index (χ0v) is 19.0. The number of benzene rings is 3. The normalized spacial score (nSPS) is 13.8. The van der Waals surface area contributed by atoms with Crippen molar-refractivity contribution in [1.82, 2.24) is 9.97 Å². The fourth-order valence-corrected chi connectivity index (χ4v) is 4.01. The summed E-state index contributed by atoms with van der Waals surface area (Å²) >= 11 is 6.35. The molecule has 3 aromatic carbocycles. The molecule has 1 aliphatic rings. The highest BCUT2D eigenvalue weighted by Gasteiger charge is 2.17. The van der Waals surface area contributed by atoms with E-state index in [4.69, 9.17) is 26.1 Å². The SMILES string of the molecule is O=C(c1ccc2ncc(N3CCOCC3)nc2c1)c1cc(OCc2cccc(F)c2)ccc1Cl. The molecule has 0 radical (unpaired) electrons. The second kappa shape index (κ2) is 9.75. The number of ether oxygens (including phenoxy) is 2. The van der Waals surface area contributed by atoms with Gasteiger partial charge in [0.2, 0.25) is 0 Å². The van der Waals surface area contributed by atoms with Gasteiger partial charge in [0.05, 0.1) is 35.5 Å². The smallest absolute Gasteiger partial charge is 0.194 e. The number of morpholine rings is 1. The molecule has 0 atom stereocenters. The summed E-state index contributed by atoms with van der Waals surface area (Å²) in [5, 5.41) is 0.316. The van der Waals surface area contributed by atoms with Gasteiger partial charge in [-0.1, -0.05) is 23.7 Å². The van der Waals surface area contributed by atoms with Crippen molar-refractivity contribution in [2.24, 2.45) is 0 Å². The molecule has 6 nitrogen and oxygen atoms in total. The third kappa shape index (κ3) is 4.85. The van der Waals surface area contributed by atoms with Gasteiger partial charge in [-0.15, -0.1) is 0 Å². The molecule has 172 valence electrons. The largest absolute Gasteiger partial charge is 0.489 e. The van der Waals surface area contributed by atoms with Gasteiger partial charge in [-0.2, -0.15) is 0 Å². The van der Waals surface area contributed by atoms with Crippen LogP contribution in [0.1, 0.15) is 21.5 Å². The lowest BCUT2D eigenvalue weighted by atomic mass is 10.0. The van der Waals surface area contributed by atoms with Crippen LogP contribution < -0.4 is 9.64 Å². The monoisotopic (exact) mass is 477 g/mol. The predicted octanol–water partition coefficient (Wildman–Crippen LogP) is 5.07. The number of nitrogens with zero attached hydrogens (tertiary/aromatic N) is 3. The summed E-state index contributed by atoms with van der Waals surface area (Å²) in [7, 11) is 0. The second-order valence-corrected chi connectivity index (χ2v) is 8.33. The zero-order chi connectivity index (χ0) is 23.5. The van der Waals surface area contributed by atoms with Crippen molar-refractivity contribution in [3.63, 3.8) is 0 Å². The Morgan fingerprint density at radius 2 is 1.91 bits per heavy atom. The number of ketones is 1. The predicted molar refractivity (Wildman–Crippen MR) is 128 cm³/mol. The highest BCUT2D eigenvalue weighted by molar-refractivity contribution is 6.35. The highest BCUT2D eigenvalue weighted by Crippen LogP contribution is 2.27. The number of anilines is 1. The van der Waals surface area contributed by atoms with Gasteiger partial charge in [0, 0.05) is 24.2 Å². The maximum Gasteiger partial charge on any atom is 0.194 e. The van der Waals surface area contributed by atoms with E-state index in [-0.39, 0.29) is 18.2 Å². The molecule has 1 fully saturated rings. The fourth-order valence-electron chi connectivity index (χ4n) is 3.80. The summed E-state index contributed by atoms with van der Waals surface area (Å²) in [4.78, 5) is 24.6. The van der Waals surface area contributed by atoms with Gasteiger partial charge in [0.15, 0.2) is 5.78 Å². The van der Waals surface area contributed by atoms with E-state index >= 15 is 0 Å². The highest BCUT2D eigenvalue weighted by atomic mass is 35.5. The van der Waals surface area contributed by atoms with E-state index in [1.165, 1.54) is 12.1 Å². The van der Waals surface area contributed by atoms with Gasteiger partial charge >= 0.3 is 0 Å². The number of hydrogen-bond donors (Lipinski definition) is 0. The van der Waals surface area contributed by atoms with Crippen molar-refractivity contribution in [2.75, 3.05) is 31.2 Å². The molecule has 1 aromatic heterocycles. The first-order chi connectivity index (χ1) is 16.6. The van der Waals surface area contributed by atoms with Crippen molar-refractivity contribution in [3.8, 4) is 5.75 Å². The number of aromatic nitrogens is 2. The Hall–Kier alpha value is -3.55. The number of carbonyl (C=O) groups is 1. The Kier molecular flexibility index (Phi) is 6.38. The lowest BCUT2D eigenvalue weighted by molar-refractivity contribution is 0.103. The molecule has 0 spiro atoms. The first-order valence-electron chi connectivity index (χ1n) is 10.9. The Labute approximate surface area is 200 Å². The average molecular weight is 478 g/mol. The molecular weight excluding hydrogens is 457 g/mol. The van der Waals surface area contributed by atoms with Crippen molar-refractivity contribution in [3.05, 3.63) is 94.4 Å². The minimum atomic E-state index is -0.329. The number of halogens is 2. The van der Waals surface area contributed by atoms with Crippen LogP contribution in [0.15, 0.2) is 66.9 Å². The molecule has 1 saturated heterocycles.